The van der Waals surface area contributed by atoms with Crippen LogP contribution < -0.4 is 5.32 Å². The summed E-state index contributed by atoms with van der Waals surface area (Å²) >= 11 is 0. The van der Waals surface area contributed by atoms with Crippen LogP contribution in [0.2, 0.25) is 0 Å². The molecule has 7 bridgehead atoms. The van der Waals surface area contributed by atoms with Gasteiger partial charge in [-0.1, -0.05) is 79.7 Å². The fourth-order valence-electron chi connectivity index (χ4n) is 10.9. The summed E-state index contributed by atoms with van der Waals surface area (Å²) in [7, 11) is 3.50. The number of benzene rings is 3. The molecule has 3 aromatic rings. The number of nitrogens with one attached hydrogen (secondary N) is 1. The molecule has 8 atom stereocenters. The van der Waals surface area contributed by atoms with E-state index in [1.807, 2.05) is 7.05 Å². The number of carbonyl (C=O) groups excluding carboxylic acids is 1. The highest BCUT2D eigenvalue weighted by Crippen LogP contribution is 2.74. The van der Waals surface area contributed by atoms with Gasteiger partial charge in [-0.25, -0.2) is 0 Å². The Bertz CT molecular complexity index is 1690. The van der Waals surface area contributed by atoms with Gasteiger partial charge in [-0.2, -0.15) is 0 Å². The highest BCUT2D eigenvalue weighted by Gasteiger charge is 2.80. The van der Waals surface area contributed by atoms with Gasteiger partial charge in [0, 0.05) is 42.8 Å². The number of fused-ring (bicyclic) bond motifs is 6. The molecule has 46 heavy (non-hydrogen) atoms. The summed E-state index contributed by atoms with van der Waals surface area (Å²) in [6.07, 6.45) is 4.72. The van der Waals surface area contributed by atoms with Crippen LogP contribution in [0.15, 0.2) is 72.8 Å². The fourth-order valence-corrected chi connectivity index (χ4v) is 10.9. The molecule has 3 saturated carbocycles. The van der Waals surface area contributed by atoms with E-state index in [-0.39, 0.29) is 42.7 Å². The van der Waals surface area contributed by atoms with Crippen molar-refractivity contribution in [3.8, 4) is 0 Å². The lowest BCUT2D eigenvalue weighted by Gasteiger charge is -2.48. The molecule has 8 unspecified atom stereocenters. The van der Waals surface area contributed by atoms with E-state index in [1.165, 1.54) is 12.7 Å². The van der Waals surface area contributed by atoms with Crippen LogP contribution in [-0.2, 0) is 27.8 Å². The zero-order chi connectivity index (χ0) is 32.5. The summed E-state index contributed by atoms with van der Waals surface area (Å²) in [5.41, 5.74) is 3.04. The number of aliphatic hydroxyl groups is 3. The Morgan fingerprint density at radius 1 is 0.978 bits per heavy atom. The van der Waals surface area contributed by atoms with Crippen molar-refractivity contribution in [3.63, 3.8) is 0 Å². The Labute approximate surface area is 272 Å². The number of aliphatic hydroxyl groups excluding tert-OH is 2. The average Bonchev–Trinajstić information content (AvgIpc) is 3.64. The van der Waals surface area contributed by atoms with Crippen molar-refractivity contribution in [3.05, 3.63) is 95.1 Å². The number of hydrogen-bond acceptors (Lipinski definition) is 6. The second kappa shape index (κ2) is 11.4. The van der Waals surface area contributed by atoms with Gasteiger partial charge in [-0.15, -0.1) is 0 Å². The van der Waals surface area contributed by atoms with Crippen molar-refractivity contribution in [1.29, 1.82) is 0 Å². The number of hydrogen-bond donors (Lipinski definition) is 4. The molecule has 0 aliphatic heterocycles. The van der Waals surface area contributed by atoms with Gasteiger partial charge >= 0.3 is 0 Å². The Kier molecular flexibility index (Phi) is 7.85. The molecular weight excluding hydrogens is 574 g/mol. The minimum Gasteiger partial charge on any atom is -0.396 e. The molecule has 4 aliphatic rings. The van der Waals surface area contributed by atoms with Crippen LogP contribution in [0.4, 0.5) is 0 Å². The molecule has 0 saturated heterocycles. The van der Waals surface area contributed by atoms with Gasteiger partial charge in [-0.05, 0) is 97.0 Å². The van der Waals surface area contributed by atoms with Crippen LogP contribution in [0.25, 0.3) is 10.8 Å². The minimum absolute atomic E-state index is 0.0302. The first-order chi connectivity index (χ1) is 22.1. The normalized spacial score (nSPS) is 37.2. The zero-order valence-electron chi connectivity index (χ0n) is 27.5. The highest BCUT2D eigenvalue weighted by molar-refractivity contribution is 5.90. The molecule has 0 aromatic heterocycles. The third-order valence-corrected chi connectivity index (χ3v) is 13.1. The Balaban J connectivity index is 1.44. The average molecular weight is 624 g/mol. The maximum absolute atomic E-state index is 14.8. The lowest BCUT2D eigenvalue weighted by molar-refractivity contribution is -0.254. The van der Waals surface area contributed by atoms with Crippen LogP contribution in [0.3, 0.4) is 0 Å². The monoisotopic (exact) mass is 623 g/mol. The van der Waals surface area contributed by atoms with E-state index in [0.717, 1.165) is 58.8 Å². The number of methoxy groups -OCH3 is 1. The van der Waals surface area contributed by atoms with Crippen LogP contribution in [0, 0.1) is 28.6 Å². The van der Waals surface area contributed by atoms with E-state index >= 15 is 0 Å². The van der Waals surface area contributed by atoms with Crippen molar-refractivity contribution < 1.29 is 24.9 Å². The van der Waals surface area contributed by atoms with E-state index in [4.69, 9.17) is 4.74 Å². The van der Waals surface area contributed by atoms with E-state index in [1.54, 1.807) is 0 Å². The molecule has 4 aliphatic carbocycles. The van der Waals surface area contributed by atoms with Gasteiger partial charge in [0.2, 0.25) is 0 Å². The van der Waals surface area contributed by atoms with Crippen LogP contribution in [-0.4, -0.2) is 60.8 Å². The third-order valence-electron chi connectivity index (χ3n) is 13.1. The Morgan fingerprint density at radius 2 is 1.78 bits per heavy atom. The van der Waals surface area contributed by atoms with Gasteiger partial charge in [0.25, 0.3) is 0 Å². The van der Waals surface area contributed by atoms with Crippen LogP contribution in [0.5, 0.6) is 0 Å². The van der Waals surface area contributed by atoms with Gasteiger partial charge in [0.15, 0.2) is 5.79 Å². The zero-order valence-corrected chi connectivity index (χ0v) is 27.5. The number of ether oxygens (including phenoxy) is 1. The molecule has 0 heterocycles. The first kappa shape index (κ1) is 31.7. The molecule has 6 heteroatoms. The van der Waals surface area contributed by atoms with Gasteiger partial charge < -0.3 is 25.4 Å². The SMILES string of the molecule is C=C1C2C(CO)CC3(C(=O)CCc4cccc(c4)C4(CCC(CNC)C4)C(CO)c4ccc5ccc(cc5c4)CC13C)C2(O)OC. The van der Waals surface area contributed by atoms with Gasteiger partial charge in [-0.3, -0.25) is 4.79 Å². The predicted molar refractivity (Wildman–Crippen MR) is 181 cm³/mol. The van der Waals surface area contributed by atoms with Crippen LogP contribution >= 0.6 is 0 Å². The van der Waals surface area contributed by atoms with Crippen molar-refractivity contribution in [1.82, 2.24) is 5.32 Å². The molecule has 4 N–H and O–H groups in total. The van der Waals surface area contributed by atoms with E-state index in [0.29, 0.717) is 25.2 Å². The molecule has 0 radical (unpaired) electrons. The number of Topliss-reactive ketones (excluding diaryl/α,β-unsaturated/α-hetero) is 1. The molecule has 7 rings (SSSR count). The number of aryl methyl sites for hydroxylation is 1. The number of ketones is 1. The summed E-state index contributed by atoms with van der Waals surface area (Å²) in [6.45, 7) is 7.46. The second-order valence-electron chi connectivity index (χ2n) is 15.1. The second-order valence-corrected chi connectivity index (χ2v) is 15.1. The molecule has 2 spiro atoms. The molecule has 3 aromatic carbocycles. The number of carbonyl (C=O) groups is 1. The lowest BCUT2D eigenvalue weighted by Crippen LogP contribution is -2.56. The van der Waals surface area contributed by atoms with E-state index in [2.05, 4.69) is 79.5 Å². The van der Waals surface area contributed by atoms with Crippen molar-refractivity contribution in [2.75, 3.05) is 33.9 Å². The van der Waals surface area contributed by atoms with Crippen molar-refractivity contribution >= 4 is 16.6 Å². The molecule has 6 nitrogen and oxygen atoms in total. The maximum atomic E-state index is 14.8. The highest BCUT2D eigenvalue weighted by atomic mass is 16.6. The smallest absolute Gasteiger partial charge is 0.185 e. The summed E-state index contributed by atoms with van der Waals surface area (Å²) in [5.74, 6) is -2.16. The van der Waals surface area contributed by atoms with Crippen molar-refractivity contribution in [2.45, 2.75) is 69.0 Å². The molecule has 0 amide bonds. The first-order valence-electron chi connectivity index (χ1n) is 17.1. The van der Waals surface area contributed by atoms with Gasteiger partial charge in [0.05, 0.1) is 12.0 Å². The van der Waals surface area contributed by atoms with E-state index < -0.39 is 22.5 Å². The summed E-state index contributed by atoms with van der Waals surface area (Å²) in [6, 6.07) is 21.8. The van der Waals surface area contributed by atoms with E-state index in [9.17, 15) is 20.1 Å². The summed E-state index contributed by atoms with van der Waals surface area (Å²) in [4.78, 5) is 14.8. The standard InChI is InChI=1S/C40H49NO5/c1-25-36-32(23-42)21-39(40(36,45)46-4)35(44)13-9-26-6-5-7-33(17-26)38(15-14-28(20-38)22-41-3)34(24-43)30-12-11-29-10-8-27(16-31(29)18-30)19-37(25,39)2/h5-8,10-12,16-18,28,32,34,36,41-43,45H,1,9,13-15,19-24H2,2-4H3. The topological polar surface area (TPSA) is 99.0 Å². The number of rotatable bonds is 5. The predicted octanol–water partition coefficient (Wildman–Crippen LogP) is 5.46. The van der Waals surface area contributed by atoms with Gasteiger partial charge in [0.1, 0.15) is 5.78 Å². The summed E-state index contributed by atoms with van der Waals surface area (Å²) < 4.78 is 5.96. The maximum Gasteiger partial charge on any atom is 0.185 e. The quantitative estimate of drug-likeness (QED) is 0.223. The minimum atomic E-state index is -1.74. The Morgan fingerprint density at radius 3 is 2.52 bits per heavy atom. The lowest BCUT2D eigenvalue weighted by atomic mass is 9.55. The van der Waals surface area contributed by atoms with Crippen molar-refractivity contribution in [2.24, 2.45) is 28.6 Å². The third kappa shape index (κ3) is 4.23. The molecule has 3 fully saturated rings. The first-order valence-corrected chi connectivity index (χ1v) is 17.1. The Hall–Kier alpha value is -2.87. The largest absolute Gasteiger partial charge is 0.396 e. The summed E-state index contributed by atoms with van der Waals surface area (Å²) in [5, 5.41) is 39.6. The molecular formula is C40H49NO5. The fraction of sp³-hybridized carbons (Fsp3) is 0.525. The van der Waals surface area contributed by atoms with Crippen LogP contribution in [0.1, 0.15) is 67.2 Å². The molecule has 244 valence electrons.